The maximum atomic E-state index is 10.7. The highest BCUT2D eigenvalue weighted by molar-refractivity contribution is 7.98. The van der Waals surface area contributed by atoms with Gasteiger partial charge in [-0.15, -0.1) is 0 Å². The Hall–Kier alpha value is -1.56. The molecule has 6 heteroatoms. The zero-order valence-corrected chi connectivity index (χ0v) is 11.2. The number of thioether (sulfide) groups is 1. The molecule has 0 radical (unpaired) electrons. The van der Waals surface area contributed by atoms with E-state index in [1.807, 2.05) is 6.07 Å². The fraction of sp³-hybridized carbons (Fsp3) is 0.462. The lowest BCUT2D eigenvalue weighted by Gasteiger charge is -2.11. The normalized spacial score (nSPS) is 16.0. The average Bonchev–Trinajstić information content (AvgIpc) is 3.08. The second-order valence-electron chi connectivity index (χ2n) is 4.99. The van der Waals surface area contributed by atoms with Crippen molar-refractivity contribution < 1.29 is 14.8 Å². The number of carboxylic acid groups (broad SMARTS) is 1. The molecule has 1 aliphatic carbocycles. The minimum atomic E-state index is -0.742. The number of nitro benzene ring substituents is 1. The fourth-order valence-electron chi connectivity index (χ4n) is 2.01. The van der Waals surface area contributed by atoms with E-state index in [-0.39, 0.29) is 17.5 Å². The van der Waals surface area contributed by atoms with Crippen LogP contribution >= 0.6 is 11.8 Å². The van der Waals surface area contributed by atoms with Crippen molar-refractivity contribution in [1.29, 1.82) is 0 Å². The fourth-order valence-corrected chi connectivity index (χ4v) is 3.36. The van der Waals surface area contributed by atoms with Gasteiger partial charge in [0.25, 0.3) is 5.69 Å². The number of hydrogen-bond donors (Lipinski definition) is 1. The van der Waals surface area contributed by atoms with E-state index < -0.39 is 10.9 Å². The van der Waals surface area contributed by atoms with Crippen LogP contribution in [-0.2, 0) is 10.5 Å². The SMILES string of the molecule is O=C(O)CC1(CSCc2cccc([N+](=O)[O-])c2)CC1. The Morgan fingerprint density at radius 1 is 1.47 bits per heavy atom. The highest BCUT2D eigenvalue weighted by Crippen LogP contribution is 2.51. The van der Waals surface area contributed by atoms with Crippen molar-refractivity contribution in [3.8, 4) is 0 Å². The maximum absolute atomic E-state index is 10.7. The van der Waals surface area contributed by atoms with Crippen LogP contribution in [0.15, 0.2) is 24.3 Å². The Bertz CT molecular complexity index is 499. The van der Waals surface area contributed by atoms with Gasteiger partial charge in [0.2, 0.25) is 0 Å². The van der Waals surface area contributed by atoms with Crippen molar-refractivity contribution in [2.45, 2.75) is 25.0 Å². The summed E-state index contributed by atoms with van der Waals surface area (Å²) in [6, 6.07) is 6.58. The summed E-state index contributed by atoms with van der Waals surface area (Å²) in [4.78, 5) is 21.0. The van der Waals surface area contributed by atoms with Crippen LogP contribution in [0.25, 0.3) is 0 Å². The van der Waals surface area contributed by atoms with E-state index in [1.165, 1.54) is 6.07 Å². The third kappa shape index (κ3) is 3.96. The molecular weight excluding hydrogens is 266 g/mol. The summed E-state index contributed by atoms with van der Waals surface area (Å²) in [7, 11) is 0. The number of nitrogens with zero attached hydrogens (tertiary/aromatic N) is 1. The highest BCUT2D eigenvalue weighted by atomic mass is 32.2. The number of rotatable bonds is 7. The molecule has 0 heterocycles. The molecule has 0 aliphatic heterocycles. The Labute approximate surface area is 115 Å². The van der Waals surface area contributed by atoms with Crippen LogP contribution in [0.5, 0.6) is 0 Å². The third-order valence-electron chi connectivity index (χ3n) is 3.28. The predicted octanol–water partition coefficient (Wildman–Crippen LogP) is 3.08. The molecule has 1 N–H and O–H groups in total. The summed E-state index contributed by atoms with van der Waals surface area (Å²) in [6.07, 6.45) is 2.18. The van der Waals surface area contributed by atoms with Gasteiger partial charge in [-0.25, -0.2) is 0 Å². The van der Waals surface area contributed by atoms with Gasteiger partial charge in [0.05, 0.1) is 11.3 Å². The lowest BCUT2D eigenvalue weighted by Crippen LogP contribution is -2.11. The van der Waals surface area contributed by atoms with Crippen molar-refractivity contribution in [3.63, 3.8) is 0 Å². The number of nitro groups is 1. The van der Waals surface area contributed by atoms with Gasteiger partial charge in [-0.3, -0.25) is 14.9 Å². The molecule has 2 rings (SSSR count). The van der Waals surface area contributed by atoms with Crippen molar-refractivity contribution in [2.75, 3.05) is 5.75 Å². The zero-order chi connectivity index (χ0) is 13.9. The first-order valence-corrected chi connectivity index (χ1v) is 7.19. The minimum absolute atomic E-state index is 0.0305. The van der Waals surface area contributed by atoms with Crippen molar-refractivity contribution in [1.82, 2.24) is 0 Å². The second-order valence-corrected chi connectivity index (χ2v) is 5.98. The first-order valence-electron chi connectivity index (χ1n) is 6.04. The van der Waals surface area contributed by atoms with Crippen LogP contribution in [0, 0.1) is 15.5 Å². The van der Waals surface area contributed by atoms with Crippen LogP contribution in [0.2, 0.25) is 0 Å². The Kier molecular flexibility index (Phi) is 4.09. The molecule has 1 fully saturated rings. The zero-order valence-electron chi connectivity index (χ0n) is 10.4. The number of benzene rings is 1. The first kappa shape index (κ1) is 13.9. The van der Waals surface area contributed by atoms with Gasteiger partial charge in [-0.05, 0) is 29.6 Å². The summed E-state index contributed by atoms with van der Waals surface area (Å²) < 4.78 is 0. The molecule has 102 valence electrons. The third-order valence-corrected chi connectivity index (χ3v) is 4.64. The van der Waals surface area contributed by atoms with Gasteiger partial charge >= 0.3 is 5.97 Å². The summed E-state index contributed by atoms with van der Waals surface area (Å²) in [5.41, 5.74) is 0.979. The average molecular weight is 281 g/mol. The van der Waals surface area contributed by atoms with E-state index in [2.05, 4.69) is 0 Å². The van der Waals surface area contributed by atoms with Crippen molar-refractivity contribution in [2.24, 2.45) is 5.41 Å². The van der Waals surface area contributed by atoms with E-state index in [9.17, 15) is 14.9 Å². The van der Waals surface area contributed by atoms with E-state index >= 15 is 0 Å². The lowest BCUT2D eigenvalue weighted by molar-refractivity contribution is -0.384. The first-order chi connectivity index (χ1) is 9.01. The molecule has 5 nitrogen and oxygen atoms in total. The molecule has 0 spiro atoms. The van der Waals surface area contributed by atoms with Gasteiger partial charge in [0.15, 0.2) is 0 Å². The maximum Gasteiger partial charge on any atom is 0.303 e. The molecule has 0 saturated heterocycles. The van der Waals surface area contributed by atoms with Gasteiger partial charge in [-0.2, -0.15) is 11.8 Å². The molecule has 1 saturated carbocycles. The summed E-state index contributed by atoms with van der Waals surface area (Å²) in [6.45, 7) is 0. The number of aliphatic carboxylic acids is 1. The summed E-state index contributed by atoms with van der Waals surface area (Å²) in [5, 5.41) is 19.5. The van der Waals surface area contributed by atoms with E-state index in [1.54, 1.807) is 23.9 Å². The summed E-state index contributed by atoms with van der Waals surface area (Å²) in [5.74, 6) is 0.749. The van der Waals surface area contributed by atoms with Gasteiger partial charge in [-0.1, -0.05) is 12.1 Å². The second kappa shape index (κ2) is 5.61. The Morgan fingerprint density at radius 2 is 2.21 bits per heavy atom. The van der Waals surface area contributed by atoms with Crippen LogP contribution in [-0.4, -0.2) is 21.8 Å². The Balaban J connectivity index is 1.84. The standard InChI is InChI=1S/C13H15NO4S/c15-12(16)7-13(4-5-13)9-19-8-10-2-1-3-11(6-10)14(17)18/h1-3,6H,4-5,7-9H2,(H,15,16). The minimum Gasteiger partial charge on any atom is -0.481 e. The van der Waals surface area contributed by atoms with Gasteiger partial charge in [0.1, 0.15) is 0 Å². The van der Waals surface area contributed by atoms with E-state index in [0.717, 1.165) is 24.2 Å². The molecule has 0 amide bonds. The lowest BCUT2D eigenvalue weighted by atomic mass is 10.1. The predicted molar refractivity (Wildman–Crippen MR) is 73.2 cm³/mol. The largest absolute Gasteiger partial charge is 0.481 e. The van der Waals surface area contributed by atoms with Crippen LogP contribution in [0.4, 0.5) is 5.69 Å². The number of carboxylic acids is 1. The van der Waals surface area contributed by atoms with Crippen molar-refractivity contribution >= 4 is 23.4 Å². The molecular formula is C13H15NO4S. The molecule has 1 aliphatic rings. The number of hydrogen-bond acceptors (Lipinski definition) is 4. The number of non-ortho nitro benzene ring substituents is 1. The molecule has 1 aromatic rings. The van der Waals surface area contributed by atoms with E-state index in [0.29, 0.717) is 5.75 Å². The van der Waals surface area contributed by atoms with Gasteiger partial charge < -0.3 is 5.11 Å². The van der Waals surface area contributed by atoms with E-state index in [4.69, 9.17) is 5.11 Å². The summed E-state index contributed by atoms with van der Waals surface area (Å²) >= 11 is 1.65. The van der Waals surface area contributed by atoms with Crippen LogP contribution < -0.4 is 0 Å². The molecule has 1 aromatic carbocycles. The quantitative estimate of drug-likeness (QED) is 0.613. The monoisotopic (exact) mass is 281 g/mol. The highest BCUT2D eigenvalue weighted by Gasteiger charge is 2.43. The van der Waals surface area contributed by atoms with Crippen molar-refractivity contribution in [3.05, 3.63) is 39.9 Å². The molecule has 19 heavy (non-hydrogen) atoms. The smallest absolute Gasteiger partial charge is 0.303 e. The van der Waals surface area contributed by atoms with Gasteiger partial charge in [0, 0.05) is 17.9 Å². The number of carbonyl (C=O) groups is 1. The Morgan fingerprint density at radius 3 is 2.79 bits per heavy atom. The molecule has 0 unspecified atom stereocenters. The topological polar surface area (TPSA) is 80.4 Å². The molecule has 0 bridgehead atoms. The van der Waals surface area contributed by atoms with Crippen LogP contribution in [0.1, 0.15) is 24.8 Å². The molecule has 0 atom stereocenters. The molecule has 0 aromatic heterocycles. The van der Waals surface area contributed by atoms with Crippen LogP contribution in [0.3, 0.4) is 0 Å².